The van der Waals surface area contributed by atoms with Crippen LogP contribution >= 0.6 is 0 Å². The van der Waals surface area contributed by atoms with E-state index in [1.54, 1.807) is 19.4 Å². The molecule has 3 heterocycles. The second-order valence-electron chi connectivity index (χ2n) is 7.44. The van der Waals surface area contributed by atoms with Crippen molar-refractivity contribution in [2.45, 2.75) is 64.1 Å². The van der Waals surface area contributed by atoms with E-state index in [0.29, 0.717) is 36.3 Å². The molecule has 2 aromatic rings. The van der Waals surface area contributed by atoms with Crippen molar-refractivity contribution < 1.29 is 14.1 Å². The number of piperidine rings is 1. The molecule has 2 aromatic heterocycles. The topological polar surface area (TPSA) is 93.3 Å². The van der Waals surface area contributed by atoms with Gasteiger partial charge in [0.2, 0.25) is 5.91 Å². The Morgan fingerprint density at radius 1 is 1.37 bits per heavy atom. The average Bonchev–Trinajstić information content (AvgIpc) is 3.28. The summed E-state index contributed by atoms with van der Waals surface area (Å²) >= 11 is 0. The Bertz CT molecular complexity index is 867. The molecule has 27 heavy (non-hydrogen) atoms. The fourth-order valence-corrected chi connectivity index (χ4v) is 4.04. The molecule has 0 radical (unpaired) electrons. The van der Waals surface area contributed by atoms with Crippen LogP contribution in [0.15, 0.2) is 17.0 Å². The highest BCUT2D eigenvalue weighted by molar-refractivity contribution is 5.96. The molecule has 1 N–H and O–H groups in total. The molecule has 8 nitrogen and oxygen atoms in total. The maximum absolute atomic E-state index is 13.0. The third kappa shape index (κ3) is 3.13. The minimum absolute atomic E-state index is 0.157. The molecule has 1 saturated heterocycles. The smallest absolute Gasteiger partial charge is 0.257 e. The number of nitrogens with zero attached hydrogens (tertiary/aromatic N) is 4. The number of hydrogen-bond acceptors (Lipinski definition) is 5. The Kier molecular flexibility index (Phi) is 4.49. The molecule has 4 rings (SSSR count). The van der Waals surface area contributed by atoms with E-state index in [1.165, 1.54) is 0 Å². The molecule has 0 spiro atoms. The van der Waals surface area contributed by atoms with Gasteiger partial charge in [0.05, 0.1) is 36.0 Å². The summed E-state index contributed by atoms with van der Waals surface area (Å²) in [6, 6.07) is -0.119. The first kappa shape index (κ1) is 17.8. The van der Waals surface area contributed by atoms with E-state index in [1.807, 2.05) is 23.4 Å². The van der Waals surface area contributed by atoms with Crippen LogP contribution in [-0.2, 0) is 18.3 Å². The Labute approximate surface area is 157 Å². The summed E-state index contributed by atoms with van der Waals surface area (Å²) in [5.74, 6) is 0.491. The van der Waals surface area contributed by atoms with Crippen LogP contribution in [0.4, 0.5) is 0 Å². The van der Waals surface area contributed by atoms with Gasteiger partial charge >= 0.3 is 0 Å². The van der Waals surface area contributed by atoms with E-state index in [4.69, 9.17) is 4.52 Å². The second-order valence-corrected chi connectivity index (χ2v) is 7.44. The number of hydrogen-bond donors (Lipinski definition) is 1. The number of carbonyl (C=O) groups is 2. The van der Waals surface area contributed by atoms with Gasteiger partial charge in [0.15, 0.2) is 0 Å². The van der Waals surface area contributed by atoms with E-state index in [9.17, 15) is 9.59 Å². The maximum Gasteiger partial charge on any atom is 0.257 e. The van der Waals surface area contributed by atoms with E-state index >= 15 is 0 Å². The number of carbonyl (C=O) groups excluding carboxylic acids is 2. The third-order valence-corrected chi connectivity index (χ3v) is 5.55. The summed E-state index contributed by atoms with van der Waals surface area (Å²) in [5, 5.41) is 7.14. The third-order valence-electron chi connectivity index (χ3n) is 5.55. The number of aromatic nitrogens is 3. The molecule has 0 unspecified atom stereocenters. The standard InChI is InChI=1S/C19H25N5O3/c1-4-13-17(11(2)27-22-13)19(26)21-14-7-8-16(25)24(12-5-6-12)18(14)15-9-20-10-23(15)3/h9-10,12,14,18H,4-8H2,1-3H3,(H,21,26)/t14-,18-/m1/s1. The number of imidazole rings is 1. The summed E-state index contributed by atoms with van der Waals surface area (Å²) in [5.41, 5.74) is 2.11. The van der Waals surface area contributed by atoms with E-state index in [-0.39, 0.29) is 29.9 Å². The van der Waals surface area contributed by atoms with Crippen LogP contribution in [0.25, 0.3) is 0 Å². The summed E-state index contributed by atoms with van der Waals surface area (Å²) in [6.45, 7) is 3.70. The normalized spacial score (nSPS) is 22.9. The van der Waals surface area contributed by atoms with Gasteiger partial charge < -0.3 is 19.3 Å². The van der Waals surface area contributed by atoms with Crippen molar-refractivity contribution in [3.63, 3.8) is 0 Å². The predicted octanol–water partition coefficient (Wildman–Crippen LogP) is 1.90. The first-order valence-electron chi connectivity index (χ1n) is 9.54. The molecule has 1 aliphatic carbocycles. The lowest BCUT2D eigenvalue weighted by molar-refractivity contribution is -0.138. The second kappa shape index (κ2) is 6.83. The van der Waals surface area contributed by atoms with Crippen molar-refractivity contribution in [1.82, 2.24) is 24.9 Å². The Morgan fingerprint density at radius 2 is 2.15 bits per heavy atom. The van der Waals surface area contributed by atoms with Crippen LogP contribution < -0.4 is 5.32 Å². The number of likely N-dealkylation sites (tertiary alicyclic amines) is 1. The molecule has 1 saturated carbocycles. The maximum atomic E-state index is 13.0. The molecule has 1 aliphatic heterocycles. The fourth-order valence-electron chi connectivity index (χ4n) is 4.04. The molecule has 2 fully saturated rings. The molecule has 2 aliphatic rings. The van der Waals surface area contributed by atoms with Crippen LogP contribution in [0.3, 0.4) is 0 Å². The number of rotatable bonds is 5. The van der Waals surface area contributed by atoms with Gasteiger partial charge in [-0.1, -0.05) is 12.1 Å². The molecule has 0 bridgehead atoms. The van der Waals surface area contributed by atoms with Crippen LogP contribution in [-0.4, -0.2) is 43.5 Å². The van der Waals surface area contributed by atoms with Gasteiger partial charge in [-0.3, -0.25) is 9.59 Å². The largest absolute Gasteiger partial charge is 0.361 e. The van der Waals surface area contributed by atoms with Crippen molar-refractivity contribution in [1.29, 1.82) is 0 Å². The van der Waals surface area contributed by atoms with E-state index < -0.39 is 0 Å². The summed E-state index contributed by atoms with van der Waals surface area (Å²) in [4.78, 5) is 31.9. The summed E-state index contributed by atoms with van der Waals surface area (Å²) in [7, 11) is 1.92. The monoisotopic (exact) mass is 371 g/mol. The van der Waals surface area contributed by atoms with E-state index in [2.05, 4.69) is 15.5 Å². The highest BCUT2D eigenvalue weighted by Gasteiger charge is 2.45. The molecular weight excluding hydrogens is 346 g/mol. The quantitative estimate of drug-likeness (QED) is 0.866. The van der Waals surface area contributed by atoms with Crippen molar-refractivity contribution in [2.75, 3.05) is 0 Å². The fraction of sp³-hybridized carbons (Fsp3) is 0.579. The lowest BCUT2D eigenvalue weighted by atomic mass is 9.92. The van der Waals surface area contributed by atoms with E-state index in [0.717, 1.165) is 18.5 Å². The van der Waals surface area contributed by atoms with Crippen molar-refractivity contribution in [3.8, 4) is 0 Å². The molecule has 2 amide bonds. The Balaban J connectivity index is 1.65. The number of aryl methyl sites for hydroxylation is 3. The molecule has 0 aromatic carbocycles. The van der Waals surface area contributed by atoms with Crippen molar-refractivity contribution in [3.05, 3.63) is 35.2 Å². The molecule has 8 heteroatoms. The van der Waals surface area contributed by atoms with Crippen molar-refractivity contribution in [2.24, 2.45) is 7.05 Å². The van der Waals surface area contributed by atoms with Gasteiger partial charge in [-0.2, -0.15) is 0 Å². The van der Waals surface area contributed by atoms with Crippen LogP contribution in [0.1, 0.15) is 66.2 Å². The predicted molar refractivity (Wildman–Crippen MR) is 96.9 cm³/mol. The van der Waals surface area contributed by atoms with Crippen molar-refractivity contribution >= 4 is 11.8 Å². The van der Waals surface area contributed by atoms with Gasteiger partial charge in [-0.15, -0.1) is 0 Å². The Hall–Kier alpha value is -2.64. The van der Waals surface area contributed by atoms with Gasteiger partial charge in [-0.25, -0.2) is 4.98 Å². The lowest BCUT2D eigenvalue weighted by Gasteiger charge is -2.41. The van der Waals surface area contributed by atoms with Crippen LogP contribution in [0, 0.1) is 6.92 Å². The number of amides is 2. The minimum Gasteiger partial charge on any atom is -0.361 e. The minimum atomic E-state index is -0.208. The van der Waals surface area contributed by atoms with Gasteiger partial charge in [0, 0.05) is 19.5 Å². The molecule has 2 atom stereocenters. The zero-order valence-corrected chi connectivity index (χ0v) is 15.9. The first-order chi connectivity index (χ1) is 13.0. The zero-order chi connectivity index (χ0) is 19.1. The summed E-state index contributed by atoms with van der Waals surface area (Å²) < 4.78 is 7.14. The van der Waals surface area contributed by atoms with Gasteiger partial charge in [0.1, 0.15) is 11.3 Å². The highest BCUT2D eigenvalue weighted by atomic mass is 16.5. The van der Waals surface area contributed by atoms with Crippen LogP contribution in [0.2, 0.25) is 0 Å². The lowest BCUT2D eigenvalue weighted by Crippen LogP contribution is -2.53. The SMILES string of the molecule is CCc1noc(C)c1C(=O)N[C@@H]1CCC(=O)N(C2CC2)[C@H]1c1cncn1C. The van der Waals surface area contributed by atoms with Gasteiger partial charge in [0.25, 0.3) is 5.91 Å². The molecule has 144 valence electrons. The van der Waals surface area contributed by atoms with Crippen LogP contribution in [0.5, 0.6) is 0 Å². The average molecular weight is 371 g/mol. The Morgan fingerprint density at radius 3 is 2.78 bits per heavy atom. The summed E-state index contributed by atoms with van der Waals surface area (Å²) in [6.07, 6.45) is 7.24. The number of nitrogens with one attached hydrogen (secondary N) is 1. The van der Waals surface area contributed by atoms with Gasteiger partial charge in [-0.05, 0) is 32.6 Å². The molecular formula is C19H25N5O3. The highest BCUT2D eigenvalue weighted by Crippen LogP contribution is 2.40. The zero-order valence-electron chi connectivity index (χ0n) is 15.9. The first-order valence-corrected chi connectivity index (χ1v) is 9.54.